The third-order valence-corrected chi connectivity index (χ3v) is 4.29. The Morgan fingerprint density at radius 1 is 1.00 bits per heavy atom. The number of thiol groups is 1. The van der Waals surface area contributed by atoms with Gasteiger partial charge in [-0.2, -0.15) is 0 Å². The van der Waals surface area contributed by atoms with Gasteiger partial charge in [0, 0.05) is 18.4 Å². The molecule has 0 heterocycles. The molecule has 0 aromatic heterocycles. The molecule has 0 bridgehead atoms. The van der Waals surface area contributed by atoms with Gasteiger partial charge >= 0.3 is 0 Å². The van der Waals surface area contributed by atoms with Crippen molar-refractivity contribution in [2.75, 3.05) is 14.2 Å². The van der Waals surface area contributed by atoms with Gasteiger partial charge in [-0.3, -0.25) is 0 Å². The summed E-state index contributed by atoms with van der Waals surface area (Å²) in [4.78, 5) is 8.85. The Balaban J connectivity index is -0.000000237. The van der Waals surface area contributed by atoms with E-state index in [2.05, 4.69) is 52.6 Å². The SMILES string of the molecule is C=C(Cc1cccc(F)c1F)c1ccc(S)cc1.C=O.CC.CCCCC(C)(C)C.CN.CO. The van der Waals surface area contributed by atoms with Crippen LogP contribution in [0.2, 0.25) is 0 Å². The second-order valence-corrected chi connectivity index (χ2v) is 8.22. The predicted molar refractivity (Wildman–Crippen MR) is 148 cm³/mol. The summed E-state index contributed by atoms with van der Waals surface area (Å²) in [5, 5.41) is 7.00. The quantitative estimate of drug-likeness (QED) is 0.368. The first-order chi connectivity index (χ1) is 16.1. The lowest BCUT2D eigenvalue weighted by Crippen LogP contribution is -2.03. The summed E-state index contributed by atoms with van der Waals surface area (Å²) < 4.78 is 26.6. The topological polar surface area (TPSA) is 63.3 Å². The van der Waals surface area contributed by atoms with Crippen LogP contribution in [0, 0.1) is 17.0 Å². The fourth-order valence-electron chi connectivity index (χ4n) is 2.42. The maximum absolute atomic E-state index is 13.5. The lowest BCUT2D eigenvalue weighted by Gasteiger charge is -2.16. The molecule has 0 amide bonds. The van der Waals surface area contributed by atoms with Crippen molar-refractivity contribution >= 4 is 25.0 Å². The van der Waals surface area contributed by atoms with Crippen molar-refractivity contribution in [1.29, 1.82) is 0 Å². The highest BCUT2D eigenvalue weighted by molar-refractivity contribution is 7.80. The molecule has 0 atom stereocenters. The van der Waals surface area contributed by atoms with E-state index in [1.54, 1.807) is 6.07 Å². The van der Waals surface area contributed by atoms with Crippen LogP contribution in [0.3, 0.4) is 0 Å². The number of unbranched alkanes of at least 4 members (excludes halogenated alkanes) is 1. The average molecular weight is 500 g/mol. The zero-order valence-corrected chi connectivity index (χ0v) is 23.3. The number of benzene rings is 2. The zero-order chi connectivity index (χ0) is 27.7. The van der Waals surface area contributed by atoms with Gasteiger partial charge in [-0.25, -0.2) is 8.78 Å². The largest absolute Gasteiger partial charge is 0.400 e. The molecule has 2 aromatic rings. The zero-order valence-electron chi connectivity index (χ0n) is 22.4. The van der Waals surface area contributed by atoms with E-state index in [0.717, 1.165) is 29.2 Å². The van der Waals surface area contributed by atoms with E-state index in [4.69, 9.17) is 9.90 Å². The Morgan fingerprint density at radius 2 is 1.47 bits per heavy atom. The highest BCUT2D eigenvalue weighted by Gasteiger charge is 2.09. The summed E-state index contributed by atoms with van der Waals surface area (Å²) in [7, 11) is 2.50. The van der Waals surface area contributed by atoms with Gasteiger partial charge in [0.1, 0.15) is 6.79 Å². The summed E-state index contributed by atoms with van der Waals surface area (Å²) in [5.74, 6) is -1.63. The smallest absolute Gasteiger partial charge is 0.162 e. The monoisotopic (exact) mass is 499 g/mol. The molecule has 0 unspecified atom stereocenters. The molecule has 0 aliphatic heterocycles. The Hall–Kier alpha value is -2.02. The molecular formula is C28H47F2NO2S. The minimum Gasteiger partial charge on any atom is -0.400 e. The molecule has 2 rings (SSSR count). The Morgan fingerprint density at radius 3 is 1.85 bits per heavy atom. The molecule has 6 heteroatoms. The maximum Gasteiger partial charge on any atom is 0.162 e. The van der Waals surface area contributed by atoms with Gasteiger partial charge in [0.2, 0.25) is 0 Å². The standard InChI is InChI=1S/C15H12F2S.C8H18.C2H6.CH5N.CH4O.CH2O/c1-10(11-5-7-13(18)8-6-11)9-12-3-2-4-14(16)15(12)17;1-5-6-7-8(2,3)4;4*1-2/h2-8,18H,1,9H2;5-7H2,1-4H3;1-2H3;2H2,1H3;2H,1H3;1H2. The molecule has 34 heavy (non-hydrogen) atoms. The highest BCUT2D eigenvalue weighted by atomic mass is 32.1. The van der Waals surface area contributed by atoms with Crippen LogP contribution in [0.25, 0.3) is 5.57 Å². The normalized spacial score (nSPS) is 8.97. The number of carbonyl (C=O) groups excluding carboxylic acids is 1. The number of rotatable bonds is 5. The van der Waals surface area contributed by atoms with Crippen LogP contribution < -0.4 is 5.73 Å². The third-order valence-electron chi connectivity index (χ3n) is 3.99. The minimum absolute atomic E-state index is 0.287. The van der Waals surface area contributed by atoms with Gasteiger partial charge < -0.3 is 15.6 Å². The number of hydrogen-bond donors (Lipinski definition) is 3. The lowest BCUT2D eigenvalue weighted by atomic mass is 9.90. The molecule has 196 valence electrons. The van der Waals surface area contributed by atoms with E-state index in [1.165, 1.54) is 32.4 Å². The first-order valence-electron chi connectivity index (χ1n) is 11.4. The average Bonchev–Trinajstić information content (AvgIpc) is 2.86. The van der Waals surface area contributed by atoms with Crippen LogP contribution in [0.1, 0.15) is 71.9 Å². The Bertz CT molecular complexity index is 730. The summed E-state index contributed by atoms with van der Waals surface area (Å²) in [6, 6.07) is 11.6. The van der Waals surface area contributed by atoms with Crippen molar-refractivity contribution in [3.05, 3.63) is 71.8 Å². The number of halogens is 2. The molecule has 0 aliphatic carbocycles. The number of aliphatic hydroxyl groups excluding tert-OH is 1. The molecule has 3 nitrogen and oxygen atoms in total. The number of nitrogens with two attached hydrogens (primary N) is 1. The first kappa shape index (κ1) is 39.2. The third kappa shape index (κ3) is 20.6. The van der Waals surface area contributed by atoms with Crippen LogP contribution >= 0.6 is 12.6 Å². The number of hydrogen-bond acceptors (Lipinski definition) is 4. The maximum atomic E-state index is 13.5. The Kier molecular flexibility index (Phi) is 29.5. The second kappa shape index (κ2) is 25.6. The molecule has 3 N–H and O–H groups in total. The number of aliphatic hydroxyl groups is 1. The molecule has 0 fully saturated rings. The van der Waals surface area contributed by atoms with Gasteiger partial charge in [0.05, 0.1) is 0 Å². The fourth-order valence-corrected chi connectivity index (χ4v) is 2.57. The van der Waals surface area contributed by atoms with Crippen LogP contribution in [0.15, 0.2) is 53.9 Å². The van der Waals surface area contributed by atoms with Crippen molar-refractivity contribution in [3.63, 3.8) is 0 Å². The Labute approximate surface area is 212 Å². The van der Waals surface area contributed by atoms with Crippen LogP contribution in [-0.2, 0) is 11.2 Å². The van der Waals surface area contributed by atoms with Crippen molar-refractivity contribution in [2.24, 2.45) is 11.1 Å². The molecule has 0 aliphatic rings. The summed E-state index contributed by atoms with van der Waals surface area (Å²) in [6.07, 6.45) is 4.36. The molecule has 2 aromatic carbocycles. The van der Waals surface area contributed by atoms with Crippen LogP contribution in [0.4, 0.5) is 8.78 Å². The van der Waals surface area contributed by atoms with E-state index in [-0.39, 0.29) is 6.42 Å². The number of allylic oxidation sites excluding steroid dienone is 1. The summed E-state index contributed by atoms with van der Waals surface area (Å²) in [6.45, 7) is 19.0. The number of carbonyl (C=O) groups is 1. The minimum atomic E-state index is -0.828. The molecule has 0 spiro atoms. The van der Waals surface area contributed by atoms with Gasteiger partial charge in [-0.15, -0.1) is 12.6 Å². The van der Waals surface area contributed by atoms with Crippen molar-refractivity contribution in [2.45, 2.75) is 72.1 Å². The van der Waals surface area contributed by atoms with Crippen molar-refractivity contribution in [1.82, 2.24) is 0 Å². The van der Waals surface area contributed by atoms with E-state index < -0.39 is 11.6 Å². The molecule has 0 saturated carbocycles. The molecule has 0 saturated heterocycles. The van der Waals surface area contributed by atoms with Gasteiger partial charge in [-0.1, -0.05) is 85.2 Å². The molecular weight excluding hydrogens is 452 g/mol. The van der Waals surface area contributed by atoms with Crippen molar-refractivity contribution < 1.29 is 18.7 Å². The van der Waals surface area contributed by atoms with E-state index in [0.29, 0.717) is 11.0 Å². The first-order valence-corrected chi connectivity index (χ1v) is 11.8. The van der Waals surface area contributed by atoms with Gasteiger partial charge in [0.15, 0.2) is 11.6 Å². The second-order valence-electron chi connectivity index (χ2n) is 7.70. The van der Waals surface area contributed by atoms with Crippen molar-refractivity contribution in [3.8, 4) is 0 Å². The van der Waals surface area contributed by atoms with Gasteiger partial charge in [-0.05, 0) is 53.8 Å². The van der Waals surface area contributed by atoms with E-state index in [9.17, 15) is 8.78 Å². The van der Waals surface area contributed by atoms with Crippen LogP contribution in [0.5, 0.6) is 0 Å². The predicted octanol–water partition coefficient (Wildman–Crippen LogP) is 7.76. The summed E-state index contributed by atoms with van der Waals surface area (Å²) in [5.41, 5.74) is 7.01. The lowest BCUT2D eigenvalue weighted by molar-refractivity contribution is -0.0980. The van der Waals surface area contributed by atoms with E-state index in [1.807, 2.05) is 44.9 Å². The molecule has 0 radical (unpaired) electrons. The summed E-state index contributed by atoms with van der Waals surface area (Å²) >= 11 is 4.19. The fraction of sp³-hybridized carbons (Fsp3) is 0.464. The highest BCUT2D eigenvalue weighted by Crippen LogP contribution is 2.22. The van der Waals surface area contributed by atoms with E-state index >= 15 is 0 Å². The van der Waals surface area contributed by atoms with Gasteiger partial charge in [0.25, 0.3) is 0 Å². The van der Waals surface area contributed by atoms with Crippen LogP contribution in [-0.4, -0.2) is 26.1 Å².